The average Bonchev–Trinajstić information content (AvgIpc) is 2.31. The zero-order valence-electron chi connectivity index (χ0n) is 12.0. The maximum atomic E-state index is 5.81. The van der Waals surface area contributed by atoms with E-state index in [0.717, 1.165) is 19.5 Å². The van der Waals surface area contributed by atoms with E-state index in [2.05, 4.69) is 63.1 Å². The quantitative estimate of drug-likeness (QED) is 0.858. The normalized spacial score (nSPS) is 13.2. The lowest BCUT2D eigenvalue weighted by atomic mass is 9.91. The first-order chi connectivity index (χ1) is 8.00. The molecule has 0 saturated heterocycles. The molecule has 0 saturated carbocycles. The van der Waals surface area contributed by atoms with Gasteiger partial charge in [-0.25, -0.2) is 0 Å². The molecule has 0 spiro atoms. The largest absolute Gasteiger partial charge is 0.330 e. The van der Waals surface area contributed by atoms with Gasteiger partial charge in [0, 0.05) is 12.6 Å². The SMILES string of the molecule is CCC(c1ccccc1)N(C)CC(C)(C)CN.Cl. The van der Waals surface area contributed by atoms with E-state index in [4.69, 9.17) is 5.73 Å². The van der Waals surface area contributed by atoms with Crippen molar-refractivity contribution in [2.45, 2.75) is 33.2 Å². The maximum absolute atomic E-state index is 5.81. The Kier molecular flexibility index (Phi) is 7.53. The van der Waals surface area contributed by atoms with Gasteiger partial charge in [0.1, 0.15) is 0 Å². The molecule has 0 bridgehead atoms. The molecule has 0 aliphatic rings. The molecule has 18 heavy (non-hydrogen) atoms. The van der Waals surface area contributed by atoms with Crippen molar-refractivity contribution in [2.75, 3.05) is 20.1 Å². The van der Waals surface area contributed by atoms with Crippen LogP contribution in [0.25, 0.3) is 0 Å². The Labute approximate surface area is 118 Å². The van der Waals surface area contributed by atoms with Crippen molar-refractivity contribution in [1.29, 1.82) is 0 Å². The minimum absolute atomic E-state index is 0. The number of hydrogen-bond acceptors (Lipinski definition) is 2. The minimum atomic E-state index is 0. The molecule has 1 rings (SSSR count). The van der Waals surface area contributed by atoms with E-state index in [9.17, 15) is 0 Å². The lowest BCUT2D eigenvalue weighted by Crippen LogP contribution is -2.38. The summed E-state index contributed by atoms with van der Waals surface area (Å²) in [6, 6.07) is 11.2. The second-order valence-corrected chi connectivity index (χ2v) is 5.62. The van der Waals surface area contributed by atoms with Crippen LogP contribution in [-0.4, -0.2) is 25.0 Å². The first kappa shape index (κ1) is 17.4. The van der Waals surface area contributed by atoms with Crippen molar-refractivity contribution in [3.63, 3.8) is 0 Å². The van der Waals surface area contributed by atoms with E-state index >= 15 is 0 Å². The van der Waals surface area contributed by atoms with Gasteiger partial charge >= 0.3 is 0 Å². The third-order valence-corrected chi connectivity index (χ3v) is 3.33. The molecule has 1 unspecified atom stereocenters. The molecular formula is C15H27ClN2. The molecule has 0 radical (unpaired) electrons. The lowest BCUT2D eigenvalue weighted by molar-refractivity contribution is 0.161. The van der Waals surface area contributed by atoms with Crippen molar-refractivity contribution in [1.82, 2.24) is 4.90 Å². The topological polar surface area (TPSA) is 29.3 Å². The van der Waals surface area contributed by atoms with E-state index in [0.29, 0.717) is 6.04 Å². The molecule has 0 aliphatic heterocycles. The Hall–Kier alpha value is -0.570. The van der Waals surface area contributed by atoms with Crippen LogP contribution >= 0.6 is 12.4 Å². The highest BCUT2D eigenvalue weighted by Gasteiger charge is 2.22. The van der Waals surface area contributed by atoms with Crippen molar-refractivity contribution in [3.8, 4) is 0 Å². The summed E-state index contributed by atoms with van der Waals surface area (Å²) >= 11 is 0. The minimum Gasteiger partial charge on any atom is -0.330 e. The molecule has 1 aromatic carbocycles. The number of benzene rings is 1. The van der Waals surface area contributed by atoms with E-state index < -0.39 is 0 Å². The first-order valence-electron chi connectivity index (χ1n) is 6.45. The van der Waals surface area contributed by atoms with Crippen LogP contribution in [-0.2, 0) is 0 Å². The molecule has 0 heterocycles. The number of nitrogens with two attached hydrogens (primary N) is 1. The Morgan fingerprint density at radius 1 is 1.22 bits per heavy atom. The fraction of sp³-hybridized carbons (Fsp3) is 0.600. The van der Waals surface area contributed by atoms with Gasteiger partial charge in [-0.3, -0.25) is 4.90 Å². The van der Waals surface area contributed by atoms with Crippen LogP contribution in [0.1, 0.15) is 38.8 Å². The van der Waals surface area contributed by atoms with Crippen molar-refractivity contribution in [3.05, 3.63) is 35.9 Å². The second kappa shape index (κ2) is 7.78. The van der Waals surface area contributed by atoms with Crippen LogP contribution in [0, 0.1) is 5.41 Å². The van der Waals surface area contributed by atoms with Gasteiger partial charge in [0.05, 0.1) is 0 Å². The van der Waals surface area contributed by atoms with Gasteiger partial charge in [0.25, 0.3) is 0 Å². The second-order valence-electron chi connectivity index (χ2n) is 5.62. The molecule has 1 atom stereocenters. The van der Waals surface area contributed by atoms with E-state index in [-0.39, 0.29) is 17.8 Å². The van der Waals surface area contributed by atoms with Crippen LogP contribution in [0.2, 0.25) is 0 Å². The molecule has 0 aromatic heterocycles. The summed E-state index contributed by atoms with van der Waals surface area (Å²) in [7, 11) is 2.19. The zero-order valence-corrected chi connectivity index (χ0v) is 12.8. The predicted octanol–water partition coefficient (Wildman–Crippen LogP) is 3.48. The molecule has 104 valence electrons. The Bertz CT molecular complexity index is 325. The van der Waals surface area contributed by atoms with Crippen molar-refractivity contribution in [2.24, 2.45) is 11.1 Å². The highest BCUT2D eigenvalue weighted by Crippen LogP contribution is 2.26. The highest BCUT2D eigenvalue weighted by atomic mass is 35.5. The molecule has 0 amide bonds. The first-order valence-corrected chi connectivity index (χ1v) is 6.45. The number of halogens is 1. The van der Waals surface area contributed by atoms with Crippen LogP contribution in [0.5, 0.6) is 0 Å². The summed E-state index contributed by atoms with van der Waals surface area (Å²) in [6.07, 6.45) is 1.13. The van der Waals surface area contributed by atoms with E-state index in [1.54, 1.807) is 0 Å². The van der Waals surface area contributed by atoms with Crippen LogP contribution < -0.4 is 5.73 Å². The fourth-order valence-electron chi connectivity index (χ4n) is 2.33. The van der Waals surface area contributed by atoms with Gasteiger partial charge in [-0.2, -0.15) is 0 Å². The molecule has 0 fully saturated rings. The van der Waals surface area contributed by atoms with Gasteiger partial charge in [0.15, 0.2) is 0 Å². The van der Waals surface area contributed by atoms with Gasteiger partial charge in [-0.05, 0) is 31.0 Å². The fourth-order valence-corrected chi connectivity index (χ4v) is 2.33. The molecule has 3 heteroatoms. The van der Waals surface area contributed by atoms with Gasteiger partial charge < -0.3 is 5.73 Å². The van der Waals surface area contributed by atoms with Gasteiger partial charge in [-0.15, -0.1) is 12.4 Å². The highest BCUT2D eigenvalue weighted by molar-refractivity contribution is 5.85. The Morgan fingerprint density at radius 3 is 2.22 bits per heavy atom. The van der Waals surface area contributed by atoms with E-state index in [1.807, 2.05) is 0 Å². The summed E-state index contributed by atoms with van der Waals surface area (Å²) in [5.74, 6) is 0. The van der Waals surface area contributed by atoms with Gasteiger partial charge in [-0.1, -0.05) is 51.1 Å². The summed E-state index contributed by atoms with van der Waals surface area (Å²) < 4.78 is 0. The van der Waals surface area contributed by atoms with E-state index in [1.165, 1.54) is 5.56 Å². The Morgan fingerprint density at radius 2 is 1.78 bits per heavy atom. The Balaban J connectivity index is 0.00000289. The van der Waals surface area contributed by atoms with Gasteiger partial charge in [0.2, 0.25) is 0 Å². The third-order valence-electron chi connectivity index (χ3n) is 3.33. The van der Waals surface area contributed by atoms with Crippen LogP contribution in [0.15, 0.2) is 30.3 Å². The number of rotatable bonds is 6. The smallest absolute Gasteiger partial charge is 0.0342 e. The maximum Gasteiger partial charge on any atom is 0.0342 e. The summed E-state index contributed by atoms with van der Waals surface area (Å²) in [4.78, 5) is 2.42. The lowest BCUT2D eigenvalue weighted by Gasteiger charge is -2.34. The monoisotopic (exact) mass is 270 g/mol. The average molecular weight is 271 g/mol. The number of nitrogens with zero attached hydrogens (tertiary/aromatic N) is 1. The van der Waals surface area contributed by atoms with Crippen LogP contribution in [0.3, 0.4) is 0 Å². The molecule has 2 N–H and O–H groups in total. The summed E-state index contributed by atoms with van der Waals surface area (Å²) in [5.41, 5.74) is 7.38. The number of hydrogen-bond donors (Lipinski definition) is 1. The molecular weight excluding hydrogens is 244 g/mol. The molecule has 2 nitrogen and oxygen atoms in total. The summed E-state index contributed by atoms with van der Waals surface area (Å²) in [5, 5.41) is 0. The molecule has 0 aliphatic carbocycles. The predicted molar refractivity (Wildman–Crippen MR) is 82.2 cm³/mol. The van der Waals surface area contributed by atoms with Crippen molar-refractivity contribution >= 4 is 12.4 Å². The van der Waals surface area contributed by atoms with Crippen molar-refractivity contribution < 1.29 is 0 Å². The standard InChI is InChI=1S/C15H26N2.ClH/c1-5-14(13-9-7-6-8-10-13)17(4)12-15(2,3)11-16;/h6-10,14H,5,11-12,16H2,1-4H3;1H. The summed E-state index contributed by atoms with van der Waals surface area (Å²) in [6.45, 7) is 8.44. The zero-order chi connectivity index (χ0) is 12.9. The van der Waals surface area contributed by atoms with Crippen LogP contribution in [0.4, 0.5) is 0 Å². The molecule has 1 aromatic rings. The third kappa shape index (κ3) is 4.97.